The second-order valence-electron chi connectivity index (χ2n) is 5.32. The predicted molar refractivity (Wildman–Crippen MR) is 79.3 cm³/mol. The van der Waals surface area contributed by atoms with Crippen LogP contribution in [0.25, 0.3) is 0 Å². The molecule has 5 nitrogen and oxygen atoms in total. The maximum Gasteiger partial charge on any atom is 0.135 e. The first kappa shape index (κ1) is 15.9. The number of β-amino-alcohol motifs (C(OH)–C–C–N with tert-alkyl or cyclic N) is 1. The van der Waals surface area contributed by atoms with Crippen LogP contribution in [0.3, 0.4) is 0 Å². The number of aliphatic hydroxyl groups excluding tert-OH is 1. The normalized spacial score (nSPS) is 17.7. The summed E-state index contributed by atoms with van der Waals surface area (Å²) in [4.78, 5) is 13.3. The number of aliphatic hydroxyl groups is 1. The Morgan fingerprint density at radius 3 is 2.71 bits per heavy atom. The second kappa shape index (κ2) is 8.12. The van der Waals surface area contributed by atoms with E-state index in [1.807, 2.05) is 24.3 Å². The molecule has 0 saturated carbocycles. The van der Waals surface area contributed by atoms with Crippen molar-refractivity contribution in [1.29, 1.82) is 0 Å². The summed E-state index contributed by atoms with van der Waals surface area (Å²) in [5.41, 5.74) is 0.968. The third-order valence-electron chi connectivity index (χ3n) is 3.64. The van der Waals surface area contributed by atoms with Crippen molar-refractivity contribution in [1.82, 2.24) is 4.90 Å². The van der Waals surface area contributed by atoms with Crippen molar-refractivity contribution in [3.8, 4) is 5.75 Å². The summed E-state index contributed by atoms with van der Waals surface area (Å²) in [5.74, 6) is 1.11. The van der Waals surface area contributed by atoms with Gasteiger partial charge >= 0.3 is 0 Å². The van der Waals surface area contributed by atoms with Gasteiger partial charge in [0.15, 0.2) is 0 Å². The van der Waals surface area contributed by atoms with Gasteiger partial charge in [0.1, 0.15) is 11.5 Å². The molecule has 0 radical (unpaired) electrons. The molecule has 0 aliphatic carbocycles. The molecule has 1 aromatic carbocycles. The monoisotopic (exact) mass is 293 g/mol. The number of methoxy groups -OCH3 is 1. The number of nitrogens with zero attached hydrogens (tertiary/aromatic N) is 1. The number of ether oxygens (including phenoxy) is 2. The van der Waals surface area contributed by atoms with Crippen LogP contribution in [-0.2, 0) is 16.1 Å². The summed E-state index contributed by atoms with van der Waals surface area (Å²) >= 11 is 0. The zero-order valence-corrected chi connectivity index (χ0v) is 12.5. The molecule has 0 bridgehead atoms. The lowest BCUT2D eigenvalue weighted by Crippen LogP contribution is -2.40. The topological polar surface area (TPSA) is 59.0 Å². The Balaban J connectivity index is 1.69. The molecule has 5 heteroatoms. The number of hydrogen-bond donors (Lipinski definition) is 1. The molecule has 116 valence electrons. The highest BCUT2D eigenvalue weighted by atomic mass is 16.5. The summed E-state index contributed by atoms with van der Waals surface area (Å²) in [6.45, 7) is 2.73. The molecule has 0 aromatic heterocycles. The summed E-state index contributed by atoms with van der Waals surface area (Å²) in [6.07, 6.45) is 0.650. The van der Waals surface area contributed by atoms with Crippen LogP contribution < -0.4 is 4.74 Å². The maximum atomic E-state index is 11.2. The first-order valence-electron chi connectivity index (χ1n) is 7.31. The largest absolute Gasteiger partial charge is 0.496 e. The van der Waals surface area contributed by atoms with Crippen molar-refractivity contribution in [3.63, 3.8) is 0 Å². The molecule has 1 aliphatic rings. The van der Waals surface area contributed by atoms with Gasteiger partial charge in [0, 0.05) is 38.0 Å². The number of carbonyl (C=O) groups excluding carboxylic acids is 1. The number of benzene rings is 1. The minimum absolute atomic E-state index is 0.280. The van der Waals surface area contributed by atoms with Gasteiger partial charge in [-0.15, -0.1) is 0 Å². The third kappa shape index (κ3) is 5.12. The molecule has 0 spiro atoms. The number of para-hydroxylation sites is 1. The van der Waals surface area contributed by atoms with Crippen LogP contribution in [0.2, 0.25) is 0 Å². The van der Waals surface area contributed by atoms with Crippen LogP contribution in [0, 0.1) is 0 Å². The molecular weight excluding hydrogens is 270 g/mol. The van der Waals surface area contributed by atoms with Crippen LogP contribution in [-0.4, -0.2) is 55.2 Å². The fourth-order valence-electron chi connectivity index (χ4n) is 2.46. The summed E-state index contributed by atoms with van der Waals surface area (Å²) in [6, 6.07) is 7.68. The molecule has 1 N–H and O–H groups in total. The zero-order chi connectivity index (χ0) is 15.1. The predicted octanol–water partition coefficient (Wildman–Crippen LogP) is 1.24. The van der Waals surface area contributed by atoms with Gasteiger partial charge in [-0.25, -0.2) is 0 Å². The average molecular weight is 293 g/mol. The first-order chi connectivity index (χ1) is 10.2. The Morgan fingerprint density at radius 2 is 2.00 bits per heavy atom. The van der Waals surface area contributed by atoms with Crippen LogP contribution in [0.1, 0.15) is 18.4 Å². The highest BCUT2D eigenvalue weighted by molar-refractivity contribution is 5.79. The van der Waals surface area contributed by atoms with E-state index in [1.54, 1.807) is 7.11 Å². The lowest BCUT2D eigenvalue weighted by molar-refractivity contribution is -0.121. The summed E-state index contributed by atoms with van der Waals surface area (Å²) in [7, 11) is 1.63. The van der Waals surface area contributed by atoms with Crippen molar-refractivity contribution >= 4 is 5.78 Å². The van der Waals surface area contributed by atoms with E-state index < -0.39 is 6.10 Å². The zero-order valence-electron chi connectivity index (χ0n) is 12.5. The van der Waals surface area contributed by atoms with Crippen LogP contribution in [0.4, 0.5) is 0 Å². The minimum Gasteiger partial charge on any atom is -0.496 e. The van der Waals surface area contributed by atoms with E-state index in [-0.39, 0.29) is 6.61 Å². The van der Waals surface area contributed by atoms with Crippen molar-refractivity contribution in [2.24, 2.45) is 0 Å². The molecule has 0 amide bonds. The van der Waals surface area contributed by atoms with Crippen LogP contribution >= 0.6 is 0 Å². The van der Waals surface area contributed by atoms with Gasteiger partial charge < -0.3 is 14.6 Å². The molecule has 1 fully saturated rings. The number of likely N-dealkylation sites (tertiary alicyclic amines) is 1. The second-order valence-corrected chi connectivity index (χ2v) is 5.32. The fourth-order valence-corrected chi connectivity index (χ4v) is 2.46. The van der Waals surface area contributed by atoms with E-state index in [4.69, 9.17) is 9.47 Å². The van der Waals surface area contributed by atoms with E-state index in [9.17, 15) is 9.90 Å². The molecule has 1 heterocycles. The Morgan fingerprint density at radius 1 is 1.29 bits per heavy atom. The van der Waals surface area contributed by atoms with Gasteiger partial charge in [0.25, 0.3) is 0 Å². The third-order valence-corrected chi connectivity index (χ3v) is 3.64. The van der Waals surface area contributed by atoms with Crippen molar-refractivity contribution < 1.29 is 19.4 Å². The number of Topliss-reactive ketones (excluding diaryl/α,β-unsaturated/α-hetero) is 1. The molecule has 0 unspecified atom stereocenters. The smallest absolute Gasteiger partial charge is 0.135 e. The van der Waals surface area contributed by atoms with E-state index in [2.05, 4.69) is 4.90 Å². The fraction of sp³-hybridized carbons (Fsp3) is 0.562. The van der Waals surface area contributed by atoms with Gasteiger partial charge in [-0.1, -0.05) is 18.2 Å². The van der Waals surface area contributed by atoms with E-state index >= 15 is 0 Å². The number of piperidine rings is 1. The highest BCUT2D eigenvalue weighted by Crippen LogP contribution is 2.18. The van der Waals surface area contributed by atoms with Crippen molar-refractivity contribution in [2.45, 2.75) is 25.6 Å². The molecule has 1 atom stereocenters. The minimum atomic E-state index is -0.534. The van der Waals surface area contributed by atoms with Crippen molar-refractivity contribution in [3.05, 3.63) is 29.8 Å². The number of carbonyl (C=O) groups is 1. The van der Waals surface area contributed by atoms with E-state index in [1.165, 1.54) is 0 Å². The van der Waals surface area contributed by atoms with Gasteiger partial charge in [-0.2, -0.15) is 0 Å². The van der Waals surface area contributed by atoms with Crippen molar-refractivity contribution in [2.75, 3.05) is 33.4 Å². The van der Waals surface area contributed by atoms with Crippen LogP contribution in [0.5, 0.6) is 5.75 Å². The lowest BCUT2D eigenvalue weighted by atomic mass is 10.1. The quantitative estimate of drug-likeness (QED) is 0.819. The number of ketones is 1. The summed E-state index contributed by atoms with van der Waals surface area (Å²) in [5, 5.41) is 9.99. The molecule has 1 aliphatic heterocycles. The SMILES string of the molecule is COc1ccccc1COC[C@H](O)CN1CCC(=O)CC1. The molecule has 21 heavy (non-hydrogen) atoms. The molecule has 1 saturated heterocycles. The number of rotatable bonds is 7. The Bertz CT molecular complexity index is 453. The van der Waals surface area contributed by atoms with Gasteiger partial charge in [-0.3, -0.25) is 9.69 Å². The van der Waals surface area contributed by atoms with Gasteiger partial charge in [0.2, 0.25) is 0 Å². The van der Waals surface area contributed by atoms with Gasteiger partial charge in [0.05, 0.1) is 26.4 Å². The Kier molecular flexibility index (Phi) is 6.17. The number of hydrogen-bond acceptors (Lipinski definition) is 5. The lowest BCUT2D eigenvalue weighted by Gasteiger charge is -2.27. The first-order valence-corrected chi connectivity index (χ1v) is 7.31. The van der Waals surface area contributed by atoms with E-state index in [0.717, 1.165) is 24.4 Å². The molecular formula is C16H23NO4. The van der Waals surface area contributed by atoms with Gasteiger partial charge in [-0.05, 0) is 6.07 Å². The Hall–Kier alpha value is -1.43. The summed E-state index contributed by atoms with van der Waals surface area (Å²) < 4.78 is 10.8. The highest BCUT2D eigenvalue weighted by Gasteiger charge is 2.18. The van der Waals surface area contributed by atoms with E-state index in [0.29, 0.717) is 31.8 Å². The maximum absolute atomic E-state index is 11.2. The Labute approximate surface area is 125 Å². The standard InChI is InChI=1S/C16H23NO4/c1-20-16-5-3-2-4-13(16)11-21-12-15(19)10-17-8-6-14(18)7-9-17/h2-5,15,19H,6-12H2,1H3/t15-/m1/s1. The van der Waals surface area contributed by atoms with Crippen LogP contribution in [0.15, 0.2) is 24.3 Å². The molecule has 2 rings (SSSR count). The molecule has 1 aromatic rings. The average Bonchev–Trinajstić information content (AvgIpc) is 2.50.